The smallest absolute Gasteiger partial charge is 0.291 e. The molecule has 0 unspecified atom stereocenters. The van der Waals surface area contributed by atoms with Crippen LogP contribution in [0.25, 0.3) is 11.0 Å². The van der Waals surface area contributed by atoms with Crippen molar-refractivity contribution >= 4 is 32.8 Å². The van der Waals surface area contributed by atoms with Crippen LogP contribution >= 0.6 is 15.9 Å². The predicted octanol–water partition coefficient (Wildman–Crippen LogP) is 4.28. The summed E-state index contributed by atoms with van der Waals surface area (Å²) in [6.07, 6.45) is 1.88. The standard InChI is InChI=1S/C22H18BrNO4/c23-14-6-3-5-13(11-14)19-18-20(25)16-8-1-2-9-17(16)28-21(18)22(26)24(19)12-15-7-4-10-27-15/h1-3,5-6,8-9,11,15,19H,4,7,10,12H2/t15-,19-/m1/s1. The zero-order valence-electron chi connectivity index (χ0n) is 15.1. The van der Waals surface area contributed by atoms with Crippen LogP contribution in [0.4, 0.5) is 0 Å². The lowest BCUT2D eigenvalue weighted by Crippen LogP contribution is -2.36. The number of ether oxygens (including phenoxy) is 1. The van der Waals surface area contributed by atoms with Gasteiger partial charge in [-0.05, 0) is 42.7 Å². The molecule has 2 aliphatic rings. The van der Waals surface area contributed by atoms with Gasteiger partial charge in [0.25, 0.3) is 5.91 Å². The third-order valence-corrected chi connectivity index (χ3v) is 5.96. The lowest BCUT2D eigenvalue weighted by atomic mass is 9.98. The fourth-order valence-corrected chi connectivity index (χ4v) is 4.60. The minimum atomic E-state index is -0.481. The monoisotopic (exact) mass is 439 g/mol. The molecule has 0 bridgehead atoms. The summed E-state index contributed by atoms with van der Waals surface area (Å²) in [5.74, 6) is -0.106. The van der Waals surface area contributed by atoms with E-state index in [-0.39, 0.29) is 23.2 Å². The number of para-hydroxylation sites is 1. The van der Waals surface area contributed by atoms with E-state index in [2.05, 4.69) is 15.9 Å². The van der Waals surface area contributed by atoms with E-state index in [0.717, 1.165) is 22.9 Å². The van der Waals surface area contributed by atoms with Gasteiger partial charge < -0.3 is 14.1 Å². The summed E-state index contributed by atoms with van der Waals surface area (Å²) in [5.41, 5.74) is 1.58. The van der Waals surface area contributed by atoms with Crippen LogP contribution in [-0.2, 0) is 4.74 Å². The fraction of sp³-hybridized carbons (Fsp3) is 0.273. The predicted molar refractivity (Wildman–Crippen MR) is 108 cm³/mol. The van der Waals surface area contributed by atoms with Crippen LogP contribution < -0.4 is 5.43 Å². The van der Waals surface area contributed by atoms with Crippen LogP contribution in [0.3, 0.4) is 0 Å². The largest absolute Gasteiger partial charge is 0.450 e. The molecule has 1 fully saturated rings. The molecule has 1 saturated heterocycles. The Morgan fingerprint density at radius 2 is 1.96 bits per heavy atom. The Morgan fingerprint density at radius 3 is 2.75 bits per heavy atom. The maximum absolute atomic E-state index is 13.3. The first-order valence-electron chi connectivity index (χ1n) is 9.37. The van der Waals surface area contributed by atoms with Crippen LogP contribution in [0.5, 0.6) is 0 Å². The highest BCUT2D eigenvalue weighted by atomic mass is 79.9. The first-order valence-corrected chi connectivity index (χ1v) is 10.2. The molecule has 2 aliphatic heterocycles. The Labute approximate surface area is 170 Å². The summed E-state index contributed by atoms with van der Waals surface area (Å²) in [6, 6.07) is 14.3. The lowest BCUT2D eigenvalue weighted by molar-refractivity contribution is 0.0486. The molecular weight excluding hydrogens is 422 g/mol. The molecule has 0 radical (unpaired) electrons. The molecule has 5 rings (SSSR count). The second-order valence-corrected chi connectivity index (χ2v) is 8.14. The van der Waals surface area contributed by atoms with Crippen LogP contribution in [0.1, 0.15) is 40.6 Å². The molecule has 2 aromatic carbocycles. The van der Waals surface area contributed by atoms with Gasteiger partial charge in [0.1, 0.15) is 5.58 Å². The van der Waals surface area contributed by atoms with Gasteiger partial charge in [0, 0.05) is 17.6 Å². The van der Waals surface area contributed by atoms with Crippen LogP contribution in [-0.4, -0.2) is 30.1 Å². The Kier molecular flexibility index (Phi) is 4.33. The van der Waals surface area contributed by atoms with Crippen LogP contribution in [0, 0.1) is 0 Å². The average molecular weight is 440 g/mol. The van der Waals surface area contributed by atoms with Gasteiger partial charge in [0.2, 0.25) is 5.76 Å². The molecule has 1 aromatic heterocycles. The van der Waals surface area contributed by atoms with E-state index < -0.39 is 6.04 Å². The molecule has 1 amide bonds. The quantitative estimate of drug-likeness (QED) is 0.610. The average Bonchev–Trinajstić information content (AvgIpc) is 3.30. The molecule has 0 saturated carbocycles. The summed E-state index contributed by atoms with van der Waals surface area (Å²) in [5, 5.41) is 0.494. The van der Waals surface area contributed by atoms with Gasteiger partial charge in [-0.15, -0.1) is 0 Å². The molecule has 142 valence electrons. The van der Waals surface area contributed by atoms with Gasteiger partial charge in [-0.25, -0.2) is 0 Å². The van der Waals surface area contributed by atoms with Gasteiger partial charge in [-0.3, -0.25) is 9.59 Å². The minimum absolute atomic E-state index is 0.0163. The van der Waals surface area contributed by atoms with Crippen molar-refractivity contribution < 1.29 is 13.9 Å². The van der Waals surface area contributed by atoms with Crippen LogP contribution in [0.2, 0.25) is 0 Å². The summed E-state index contributed by atoms with van der Waals surface area (Å²) in [4.78, 5) is 28.3. The summed E-state index contributed by atoms with van der Waals surface area (Å²) >= 11 is 3.50. The Bertz CT molecular complexity index is 1130. The Hall–Kier alpha value is -2.44. The Balaban J connectivity index is 1.71. The summed E-state index contributed by atoms with van der Waals surface area (Å²) in [6.45, 7) is 1.15. The number of hydrogen-bond acceptors (Lipinski definition) is 4. The second kappa shape index (κ2) is 6.87. The maximum Gasteiger partial charge on any atom is 0.291 e. The summed E-state index contributed by atoms with van der Waals surface area (Å²) < 4.78 is 12.6. The highest BCUT2D eigenvalue weighted by Gasteiger charge is 2.43. The number of fused-ring (bicyclic) bond motifs is 2. The topological polar surface area (TPSA) is 59.8 Å². The molecular formula is C22H18BrNO4. The third-order valence-electron chi connectivity index (χ3n) is 5.46. The molecule has 0 aliphatic carbocycles. The van der Waals surface area contributed by atoms with Gasteiger partial charge in [0.05, 0.1) is 23.1 Å². The van der Waals surface area contributed by atoms with E-state index in [1.807, 2.05) is 24.3 Å². The number of halogens is 1. The zero-order valence-corrected chi connectivity index (χ0v) is 16.6. The maximum atomic E-state index is 13.3. The molecule has 3 heterocycles. The molecule has 0 spiro atoms. The number of benzene rings is 2. The van der Waals surface area contributed by atoms with Crippen LogP contribution in [0.15, 0.2) is 62.2 Å². The number of carbonyl (C=O) groups excluding carboxylic acids is 1. The van der Waals surface area contributed by atoms with E-state index in [1.54, 1.807) is 29.2 Å². The second-order valence-electron chi connectivity index (χ2n) is 7.22. The van der Waals surface area contributed by atoms with Crippen molar-refractivity contribution in [3.05, 3.63) is 80.1 Å². The van der Waals surface area contributed by atoms with Crippen molar-refractivity contribution in [2.45, 2.75) is 25.0 Å². The van der Waals surface area contributed by atoms with Gasteiger partial charge >= 0.3 is 0 Å². The van der Waals surface area contributed by atoms with Crippen molar-refractivity contribution in [1.29, 1.82) is 0 Å². The number of amides is 1. The molecule has 2 atom stereocenters. The summed E-state index contributed by atoms with van der Waals surface area (Å²) in [7, 11) is 0. The molecule has 6 heteroatoms. The number of nitrogens with zero attached hydrogens (tertiary/aromatic N) is 1. The molecule has 28 heavy (non-hydrogen) atoms. The van der Waals surface area contributed by atoms with Crippen molar-refractivity contribution in [2.75, 3.05) is 13.2 Å². The fourth-order valence-electron chi connectivity index (χ4n) is 4.19. The molecule has 3 aromatic rings. The van der Waals surface area contributed by atoms with E-state index in [9.17, 15) is 9.59 Å². The molecule has 0 N–H and O–H groups in total. The first kappa shape index (κ1) is 17.6. The Morgan fingerprint density at radius 1 is 1.11 bits per heavy atom. The van der Waals surface area contributed by atoms with Gasteiger partial charge in [0.15, 0.2) is 5.43 Å². The van der Waals surface area contributed by atoms with E-state index >= 15 is 0 Å². The van der Waals surface area contributed by atoms with Crippen molar-refractivity contribution in [3.8, 4) is 0 Å². The van der Waals surface area contributed by atoms with Crippen molar-refractivity contribution in [1.82, 2.24) is 4.90 Å². The first-order chi connectivity index (χ1) is 13.6. The highest BCUT2D eigenvalue weighted by molar-refractivity contribution is 9.10. The highest BCUT2D eigenvalue weighted by Crippen LogP contribution is 2.39. The van der Waals surface area contributed by atoms with E-state index in [0.29, 0.717) is 29.7 Å². The van der Waals surface area contributed by atoms with E-state index in [1.165, 1.54) is 0 Å². The minimum Gasteiger partial charge on any atom is -0.450 e. The molecule has 5 nitrogen and oxygen atoms in total. The normalized spacial score (nSPS) is 21.5. The van der Waals surface area contributed by atoms with Gasteiger partial charge in [-0.1, -0.05) is 40.2 Å². The van der Waals surface area contributed by atoms with Crippen molar-refractivity contribution in [2.24, 2.45) is 0 Å². The SMILES string of the molecule is O=C1c2oc3ccccc3c(=O)c2[C@@H](c2cccc(Br)c2)N1C[C@H]1CCCO1. The number of hydrogen-bond donors (Lipinski definition) is 0. The lowest BCUT2D eigenvalue weighted by Gasteiger charge is -2.27. The van der Waals surface area contributed by atoms with E-state index in [4.69, 9.17) is 9.15 Å². The number of rotatable bonds is 3. The van der Waals surface area contributed by atoms with Crippen molar-refractivity contribution in [3.63, 3.8) is 0 Å². The van der Waals surface area contributed by atoms with Gasteiger partial charge in [-0.2, -0.15) is 0 Å². The third kappa shape index (κ3) is 2.79. The number of carbonyl (C=O) groups is 1. The zero-order chi connectivity index (χ0) is 19.3.